The van der Waals surface area contributed by atoms with Crippen LogP contribution < -0.4 is 5.73 Å². The van der Waals surface area contributed by atoms with Gasteiger partial charge >= 0.3 is 0 Å². The van der Waals surface area contributed by atoms with Gasteiger partial charge in [-0.2, -0.15) is 0 Å². The third kappa shape index (κ3) is 3.21. The summed E-state index contributed by atoms with van der Waals surface area (Å²) in [7, 11) is 0. The van der Waals surface area contributed by atoms with Crippen LogP contribution >= 0.6 is 0 Å². The number of nitrogens with zero attached hydrogens (tertiary/aromatic N) is 1. The molecule has 2 rings (SSSR count). The van der Waals surface area contributed by atoms with Crippen LogP contribution in [0, 0.1) is 5.41 Å². The second-order valence-corrected chi connectivity index (χ2v) is 6.31. The maximum atomic E-state index is 12.8. The van der Waals surface area contributed by atoms with Crippen molar-refractivity contribution in [2.45, 2.75) is 51.0 Å². The van der Waals surface area contributed by atoms with Gasteiger partial charge in [0.25, 0.3) is 5.91 Å². The van der Waals surface area contributed by atoms with Crippen LogP contribution in [-0.2, 0) is 14.3 Å². The number of aliphatic hydroxyl groups is 1. The molecule has 3 N–H and O–H groups in total. The highest BCUT2D eigenvalue weighted by molar-refractivity contribution is 5.87. The van der Waals surface area contributed by atoms with Crippen molar-refractivity contribution >= 4 is 11.8 Å². The van der Waals surface area contributed by atoms with Crippen molar-refractivity contribution in [1.29, 1.82) is 0 Å². The quantitative estimate of drug-likeness (QED) is 0.695. The van der Waals surface area contributed by atoms with Gasteiger partial charge in [-0.1, -0.05) is 6.42 Å². The Hall–Kier alpha value is -1.14. The molecule has 1 heterocycles. The number of piperidine rings is 1. The Kier molecular flexibility index (Phi) is 4.88. The molecule has 0 aromatic rings. The number of β-amino-alcohol motifs (C(OH)–C–C–N with tert-alkyl or cyclic N) is 1. The molecule has 120 valence electrons. The van der Waals surface area contributed by atoms with E-state index in [4.69, 9.17) is 10.5 Å². The maximum Gasteiger partial charge on any atom is 0.251 e. The highest BCUT2D eigenvalue weighted by atomic mass is 16.5. The molecule has 2 amide bonds. The molecule has 0 bridgehead atoms. The Morgan fingerprint density at radius 1 is 1.29 bits per heavy atom. The van der Waals surface area contributed by atoms with Crippen molar-refractivity contribution in [1.82, 2.24) is 4.90 Å². The second-order valence-electron chi connectivity index (χ2n) is 6.31. The number of rotatable bonds is 6. The van der Waals surface area contributed by atoms with Gasteiger partial charge in [-0.15, -0.1) is 0 Å². The Morgan fingerprint density at radius 2 is 2.00 bits per heavy atom. The minimum absolute atomic E-state index is 0.0253. The summed E-state index contributed by atoms with van der Waals surface area (Å²) >= 11 is 0. The molecule has 0 spiro atoms. The summed E-state index contributed by atoms with van der Waals surface area (Å²) < 4.78 is 5.39. The summed E-state index contributed by atoms with van der Waals surface area (Å²) in [5, 5.41) is 10.2. The molecule has 2 aliphatic rings. The topological polar surface area (TPSA) is 92.9 Å². The van der Waals surface area contributed by atoms with Gasteiger partial charge in [-0.25, -0.2) is 0 Å². The molecule has 0 radical (unpaired) electrons. The summed E-state index contributed by atoms with van der Waals surface area (Å²) in [6.45, 7) is 3.78. The van der Waals surface area contributed by atoms with Crippen LogP contribution in [-0.4, -0.2) is 53.7 Å². The smallest absolute Gasteiger partial charge is 0.251 e. The summed E-state index contributed by atoms with van der Waals surface area (Å²) in [5.41, 5.74) is 3.34. The van der Waals surface area contributed by atoms with Gasteiger partial charge in [-0.05, 0) is 39.0 Å². The SMILES string of the molecule is CCOCCC1(C(=O)N2CCC[C@](O)(C(N)=O)C2)CCC1. The van der Waals surface area contributed by atoms with E-state index < -0.39 is 11.5 Å². The number of ether oxygens (including phenoxy) is 1. The molecular formula is C15H26N2O4. The first-order valence-electron chi connectivity index (χ1n) is 7.83. The first-order valence-corrected chi connectivity index (χ1v) is 7.83. The number of amides is 2. The molecule has 6 nitrogen and oxygen atoms in total. The number of carbonyl (C=O) groups excluding carboxylic acids is 2. The van der Waals surface area contributed by atoms with Gasteiger partial charge in [0, 0.05) is 19.8 Å². The zero-order valence-electron chi connectivity index (χ0n) is 12.8. The van der Waals surface area contributed by atoms with Crippen LogP contribution in [0.1, 0.15) is 45.4 Å². The molecular weight excluding hydrogens is 272 g/mol. The zero-order valence-corrected chi connectivity index (χ0v) is 12.8. The molecule has 1 aliphatic carbocycles. The van der Waals surface area contributed by atoms with Gasteiger partial charge in [0.05, 0.1) is 12.0 Å². The highest BCUT2D eigenvalue weighted by Gasteiger charge is 2.49. The van der Waals surface area contributed by atoms with Crippen LogP contribution in [0.2, 0.25) is 0 Å². The van der Waals surface area contributed by atoms with E-state index in [0.717, 1.165) is 19.3 Å². The number of likely N-dealkylation sites (tertiary alicyclic amines) is 1. The number of nitrogens with two attached hydrogens (primary N) is 1. The molecule has 1 saturated carbocycles. The molecule has 1 saturated heterocycles. The lowest BCUT2D eigenvalue weighted by atomic mass is 9.65. The lowest BCUT2D eigenvalue weighted by Crippen LogP contribution is -2.60. The standard InChI is InChI=1S/C15H26N2O4/c1-2-21-10-8-14(5-3-6-14)13(19)17-9-4-7-15(20,11-17)12(16)18/h20H,2-11H2,1H3,(H2,16,18)/t15-/m1/s1. The second kappa shape index (κ2) is 6.32. The molecule has 21 heavy (non-hydrogen) atoms. The van der Waals surface area contributed by atoms with Crippen molar-refractivity contribution in [3.63, 3.8) is 0 Å². The minimum atomic E-state index is -1.57. The van der Waals surface area contributed by atoms with Gasteiger partial charge in [-0.3, -0.25) is 9.59 Å². The Morgan fingerprint density at radius 3 is 2.52 bits per heavy atom. The lowest BCUT2D eigenvalue weighted by molar-refractivity contribution is -0.160. The molecule has 6 heteroatoms. The van der Waals surface area contributed by atoms with Gasteiger partial charge in [0.2, 0.25) is 5.91 Å². The van der Waals surface area contributed by atoms with Gasteiger partial charge in [0.15, 0.2) is 5.60 Å². The predicted molar refractivity (Wildman–Crippen MR) is 77.4 cm³/mol. The molecule has 1 atom stereocenters. The first kappa shape index (κ1) is 16.2. The van der Waals surface area contributed by atoms with Gasteiger partial charge < -0.3 is 20.5 Å². The lowest BCUT2D eigenvalue weighted by Gasteiger charge is -2.46. The fourth-order valence-electron chi connectivity index (χ4n) is 3.33. The summed E-state index contributed by atoms with van der Waals surface area (Å²) in [6.07, 6.45) is 4.43. The number of hydrogen-bond donors (Lipinski definition) is 2. The average molecular weight is 298 g/mol. The molecule has 0 aromatic carbocycles. The molecule has 0 aromatic heterocycles. The van der Waals surface area contributed by atoms with E-state index in [1.807, 2.05) is 6.92 Å². The third-order valence-corrected chi connectivity index (χ3v) is 4.91. The maximum absolute atomic E-state index is 12.8. The highest BCUT2D eigenvalue weighted by Crippen LogP contribution is 2.46. The summed E-state index contributed by atoms with van der Waals surface area (Å²) in [4.78, 5) is 25.8. The average Bonchev–Trinajstić information content (AvgIpc) is 2.41. The van der Waals surface area contributed by atoms with Crippen LogP contribution in [0.25, 0.3) is 0 Å². The van der Waals surface area contributed by atoms with E-state index in [2.05, 4.69) is 0 Å². The zero-order chi connectivity index (χ0) is 15.5. The molecule has 1 aliphatic heterocycles. The van der Waals surface area contributed by atoms with E-state index in [1.54, 1.807) is 4.90 Å². The number of carbonyl (C=O) groups is 2. The Balaban J connectivity index is 2.02. The fourth-order valence-corrected chi connectivity index (χ4v) is 3.33. The molecule has 2 fully saturated rings. The van der Waals surface area contributed by atoms with Crippen molar-refractivity contribution in [3.8, 4) is 0 Å². The van der Waals surface area contributed by atoms with E-state index in [0.29, 0.717) is 39.0 Å². The van der Waals surface area contributed by atoms with Crippen molar-refractivity contribution in [3.05, 3.63) is 0 Å². The predicted octanol–water partition coefficient (Wildman–Crippen LogP) is 0.422. The summed E-state index contributed by atoms with van der Waals surface area (Å²) in [6, 6.07) is 0. The van der Waals surface area contributed by atoms with Crippen LogP contribution in [0.4, 0.5) is 0 Å². The van der Waals surface area contributed by atoms with E-state index in [1.165, 1.54) is 0 Å². The van der Waals surface area contributed by atoms with Gasteiger partial charge in [0.1, 0.15) is 0 Å². The van der Waals surface area contributed by atoms with Crippen molar-refractivity contribution in [2.24, 2.45) is 11.1 Å². The fraction of sp³-hybridized carbons (Fsp3) is 0.867. The van der Waals surface area contributed by atoms with Crippen LogP contribution in [0.5, 0.6) is 0 Å². The number of hydrogen-bond acceptors (Lipinski definition) is 4. The Bertz CT molecular complexity index is 408. The first-order chi connectivity index (χ1) is 9.93. The monoisotopic (exact) mass is 298 g/mol. The van der Waals surface area contributed by atoms with E-state index in [-0.39, 0.29) is 17.9 Å². The van der Waals surface area contributed by atoms with Crippen LogP contribution in [0.15, 0.2) is 0 Å². The minimum Gasteiger partial charge on any atom is -0.382 e. The largest absolute Gasteiger partial charge is 0.382 e. The molecule has 0 unspecified atom stereocenters. The van der Waals surface area contributed by atoms with Crippen molar-refractivity contribution in [2.75, 3.05) is 26.3 Å². The van der Waals surface area contributed by atoms with Crippen molar-refractivity contribution < 1.29 is 19.4 Å². The van der Waals surface area contributed by atoms with Crippen LogP contribution in [0.3, 0.4) is 0 Å². The normalized spacial score (nSPS) is 28.0. The van der Waals surface area contributed by atoms with E-state index in [9.17, 15) is 14.7 Å². The third-order valence-electron chi connectivity index (χ3n) is 4.91. The summed E-state index contributed by atoms with van der Waals surface area (Å²) in [5.74, 6) is -0.690. The van der Waals surface area contributed by atoms with E-state index >= 15 is 0 Å². The number of primary amides is 1. The Labute approximate surface area is 125 Å².